The summed E-state index contributed by atoms with van der Waals surface area (Å²) in [6.45, 7) is 0.0985. The average molecular weight is 261 g/mol. The number of nitrogens with zero attached hydrogens (tertiary/aromatic N) is 1. The van der Waals surface area contributed by atoms with Crippen molar-refractivity contribution in [1.82, 2.24) is 4.90 Å². The van der Waals surface area contributed by atoms with Crippen molar-refractivity contribution in [3.8, 4) is 0 Å². The number of hydrogen-bond donors (Lipinski definition) is 1. The van der Waals surface area contributed by atoms with Crippen molar-refractivity contribution < 1.29 is 18.7 Å². The van der Waals surface area contributed by atoms with E-state index in [-0.39, 0.29) is 6.54 Å². The third kappa shape index (κ3) is 5.06. The second-order valence-electron chi connectivity index (χ2n) is 3.56. The van der Waals surface area contributed by atoms with Crippen LogP contribution in [0.2, 0.25) is 0 Å². The lowest BCUT2D eigenvalue weighted by Gasteiger charge is -2.15. The predicted molar refractivity (Wildman–Crippen MR) is 63.3 cm³/mol. The summed E-state index contributed by atoms with van der Waals surface area (Å²) in [7, 11) is 1.61. The molecule has 0 spiro atoms. The van der Waals surface area contributed by atoms with Gasteiger partial charge in [-0.2, -0.15) is 0 Å². The van der Waals surface area contributed by atoms with Crippen molar-refractivity contribution in [2.45, 2.75) is 13.0 Å². The van der Waals surface area contributed by atoms with E-state index in [9.17, 15) is 13.6 Å². The molecule has 0 aromatic carbocycles. The van der Waals surface area contributed by atoms with Gasteiger partial charge in [-0.15, -0.1) is 11.3 Å². The zero-order valence-electron chi connectivity index (χ0n) is 9.27. The summed E-state index contributed by atoms with van der Waals surface area (Å²) in [5.74, 6) is -1.02. The third-order valence-electron chi connectivity index (χ3n) is 2.05. The van der Waals surface area contributed by atoms with Crippen molar-refractivity contribution in [3.05, 3.63) is 28.0 Å². The van der Waals surface area contributed by atoms with Crippen molar-refractivity contribution in [1.29, 1.82) is 0 Å². The molecular formula is C11H13F2NO2S. The van der Waals surface area contributed by atoms with Gasteiger partial charge in [0.2, 0.25) is 0 Å². The molecule has 17 heavy (non-hydrogen) atoms. The Morgan fingerprint density at radius 2 is 2.35 bits per heavy atom. The molecule has 0 aliphatic heterocycles. The number of carbonyl (C=O) groups is 1. The van der Waals surface area contributed by atoms with E-state index in [2.05, 4.69) is 0 Å². The fourth-order valence-corrected chi connectivity index (χ4v) is 2.28. The van der Waals surface area contributed by atoms with Gasteiger partial charge in [0.05, 0.1) is 6.54 Å². The van der Waals surface area contributed by atoms with Crippen molar-refractivity contribution in [2.24, 2.45) is 0 Å². The first kappa shape index (κ1) is 13.8. The van der Waals surface area contributed by atoms with Crippen LogP contribution in [-0.2, 0) is 11.3 Å². The predicted octanol–water partition coefficient (Wildman–Crippen LogP) is 2.54. The number of alkyl halides is 2. The average Bonchev–Trinajstić information content (AvgIpc) is 2.60. The first-order valence-corrected chi connectivity index (χ1v) is 5.81. The Morgan fingerprint density at radius 3 is 2.94 bits per heavy atom. The van der Waals surface area contributed by atoms with Crippen LogP contribution in [0.15, 0.2) is 17.5 Å². The van der Waals surface area contributed by atoms with Crippen LogP contribution in [0.4, 0.5) is 8.78 Å². The Hall–Kier alpha value is -1.27. The van der Waals surface area contributed by atoms with E-state index in [1.165, 1.54) is 22.3 Å². The molecule has 0 atom stereocenters. The van der Waals surface area contributed by atoms with Crippen LogP contribution in [-0.4, -0.2) is 36.0 Å². The number of aliphatic carboxylic acids is 1. The molecule has 0 aliphatic rings. The number of rotatable bonds is 6. The summed E-state index contributed by atoms with van der Waals surface area (Å²) in [6.07, 6.45) is 0.154. The number of carboxylic acid groups (broad SMARTS) is 1. The fourth-order valence-electron chi connectivity index (χ4n) is 1.33. The largest absolute Gasteiger partial charge is 0.478 e. The highest BCUT2D eigenvalue weighted by Crippen LogP contribution is 2.20. The topological polar surface area (TPSA) is 40.5 Å². The maximum atomic E-state index is 12.1. The zero-order valence-corrected chi connectivity index (χ0v) is 10.1. The quantitative estimate of drug-likeness (QED) is 0.800. The first-order chi connectivity index (χ1) is 7.99. The summed E-state index contributed by atoms with van der Waals surface area (Å²) in [5, 5.41) is 10.3. The molecule has 0 saturated carbocycles. The Kier molecular flexibility index (Phi) is 5.24. The third-order valence-corrected chi connectivity index (χ3v) is 2.97. The lowest BCUT2D eigenvalue weighted by atomic mass is 10.2. The lowest BCUT2D eigenvalue weighted by Crippen LogP contribution is -2.23. The molecule has 1 rings (SSSR count). The van der Waals surface area contributed by atoms with Crippen molar-refractivity contribution in [3.63, 3.8) is 0 Å². The Balaban J connectivity index is 2.65. The zero-order chi connectivity index (χ0) is 12.8. The molecule has 1 heterocycles. The van der Waals surface area contributed by atoms with Crippen LogP contribution in [0.5, 0.6) is 0 Å². The maximum absolute atomic E-state index is 12.1. The summed E-state index contributed by atoms with van der Waals surface area (Å²) in [5.41, 5.74) is 0.763. The minimum Gasteiger partial charge on any atom is -0.478 e. The molecule has 0 unspecified atom stereocenters. The molecule has 1 N–H and O–H groups in total. The van der Waals surface area contributed by atoms with Crippen LogP contribution >= 0.6 is 11.3 Å². The normalized spacial score (nSPS) is 11.8. The second kappa shape index (κ2) is 6.46. The van der Waals surface area contributed by atoms with Gasteiger partial charge >= 0.3 is 5.97 Å². The van der Waals surface area contributed by atoms with Gasteiger partial charge in [0.25, 0.3) is 6.43 Å². The van der Waals surface area contributed by atoms with Crippen molar-refractivity contribution >= 4 is 23.4 Å². The Morgan fingerprint density at radius 1 is 1.65 bits per heavy atom. The smallest absolute Gasteiger partial charge is 0.328 e. The molecule has 1 aromatic rings. The molecular weight excluding hydrogens is 248 g/mol. The fraction of sp³-hybridized carbons (Fsp3) is 0.364. The summed E-state index contributed by atoms with van der Waals surface area (Å²) in [6, 6.07) is 1.77. The van der Waals surface area contributed by atoms with Gasteiger partial charge in [-0.1, -0.05) is 0 Å². The summed E-state index contributed by atoms with van der Waals surface area (Å²) in [4.78, 5) is 12.8. The summed E-state index contributed by atoms with van der Waals surface area (Å²) < 4.78 is 24.3. The van der Waals surface area contributed by atoms with Gasteiger partial charge in [-0.05, 0) is 30.1 Å². The van der Waals surface area contributed by atoms with E-state index in [1.807, 2.05) is 5.38 Å². The van der Waals surface area contributed by atoms with Gasteiger partial charge in [-0.25, -0.2) is 13.6 Å². The maximum Gasteiger partial charge on any atom is 0.328 e. The van der Waals surface area contributed by atoms with E-state index in [4.69, 9.17) is 5.11 Å². The molecule has 3 nitrogen and oxygen atoms in total. The Bertz CT molecular complexity index is 404. The van der Waals surface area contributed by atoms with Crippen LogP contribution in [0.3, 0.4) is 0 Å². The molecule has 0 fully saturated rings. The van der Waals surface area contributed by atoms with E-state index in [0.29, 0.717) is 6.54 Å². The molecule has 1 aromatic heterocycles. The van der Waals surface area contributed by atoms with E-state index >= 15 is 0 Å². The molecule has 0 bridgehead atoms. The molecule has 0 saturated heterocycles. The van der Waals surface area contributed by atoms with Crippen LogP contribution in [0, 0.1) is 0 Å². The monoisotopic (exact) mass is 261 g/mol. The van der Waals surface area contributed by atoms with E-state index in [1.54, 1.807) is 13.1 Å². The number of hydrogen-bond acceptors (Lipinski definition) is 3. The van der Waals surface area contributed by atoms with Crippen LogP contribution in [0.25, 0.3) is 6.08 Å². The Labute approximate surface area is 102 Å². The highest BCUT2D eigenvalue weighted by atomic mass is 32.1. The standard InChI is InChI=1S/C11H13F2NO2S/c1-14(7-10(12)13)6-9-8(4-5-17-9)2-3-11(15)16/h2-5,10H,6-7H2,1H3,(H,15,16)/b3-2+. The van der Waals surface area contributed by atoms with Gasteiger partial charge in [0.1, 0.15) is 0 Å². The SMILES string of the molecule is CN(Cc1sccc1/C=C/C(=O)O)CC(F)F. The highest BCUT2D eigenvalue weighted by molar-refractivity contribution is 7.10. The van der Waals surface area contributed by atoms with Gasteiger partial charge in [0.15, 0.2) is 0 Å². The number of carboxylic acids is 1. The number of thiophene rings is 1. The van der Waals surface area contributed by atoms with E-state index < -0.39 is 12.4 Å². The summed E-state index contributed by atoms with van der Waals surface area (Å²) >= 11 is 1.43. The minimum absolute atomic E-state index is 0.292. The molecule has 6 heteroatoms. The molecule has 0 amide bonds. The van der Waals surface area contributed by atoms with E-state index in [0.717, 1.165) is 16.5 Å². The molecule has 0 radical (unpaired) electrons. The second-order valence-corrected chi connectivity index (χ2v) is 4.56. The van der Waals surface area contributed by atoms with Gasteiger partial charge in [-0.3, -0.25) is 4.90 Å². The molecule has 0 aliphatic carbocycles. The van der Waals surface area contributed by atoms with Crippen LogP contribution < -0.4 is 0 Å². The highest BCUT2D eigenvalue weighted by Gasteiger charge is 2.10. The lowest BCUT2D eigenvalue weighted by molar-refractivity contribution is -0.131. The van der Waals surface area contributed by atoms with Gasteiger partial charge in [0, 0.05) is 17.5 Å². The van der Waals surface area contributed by atoms with Crippen molar-refractivity contribution in [2.75, 3.05) is 13.6 Å². The molecule has 94 valence electrons. The first-order valence-electron chi connectivity index (χ1n) is 4.93. The van der Waals surface area contributed by atoms with Crippen LogP contribution in [0.1, 0.15) is 10.4 Å². The van der Waals surface area contributed by atoms with Gasteiger partial charge < -0.3 is 5.11 Å². The number of halogens is 2. The minimum atomic E-state index is -2.36.